The Morgan fingerprint density at radius 2 is 1.80 bits per heavy atom. The van der Waals surface area contributed by atoms with Crippen LogP contribution in [0.5, 0.6) is 0 Å². The lowest BCUT2D eigenvalue weighted by molar-refractivity contribution is -0.116. The summed E-state index contributed by atoms with van der Waals surface area (Å²) < 4.78 is 1.41. The summed E-state index contributed by atoms with van der Waals surface area (Å²) in [4.78, 5) is 23.9. The van der Waals surface area contributed by atoms with Gasteiger partial charge in [-0.3, -0.25) is 9.59 Å². The van der Waals surface area contributed by atoms with Gasteiger partial charge in [-0.05, 0) is 44.0 Å². The summed E-state index contributed by atoms with van der Waals surface area (Å²) in [6, 6.07) is 9.26. The van der Waals surface area contributed by atoms with Gasteiger partial charge in [0.05, 0.1) is 0 Å². The molecule has 1 N–H and O–H groups in total. The minimum atomic E-state index is -0.202. The Hall–Kier alpha value is -2.36. The molecule has 0 spiro atoms. The van der Waals surface area contributed by atoms with Gasteiger partial charge < -0.3 is 9.88 Å². The van der Waals surface area contributed by atoms with Crippen molar-refractivity contribution >= 4 is 11.6 Å². The Morgan fingerprint density at radius 3 is 2.55 bits per heavy atom. The van der Waals surface area contributed by atoms with Crippen LogP contribution in [0.3, 0.4) is 0 Å². The molecule has 0 bridgehead atoms. The fourth-order valence-electron chi connectivity index (χ4n) is 2.01. The fourth-order valence-corrected chi connectivity index (χ4v) is 2.01. The van der Waals surface area contributed by atoms with E-state index in [4.69, 9.17) is 0 Å². The van der Waals surface area contributed by atoms with Gasteiger partial charge in [0.2, 0.25) is 5.91 Å². The number of anilines is 1. The molecule has 2 rings (SSSR count). The number of aromatic nitrogens is 1. The van der Waals surface area contributed by atoms with Crippen LogP contribution in [0.1, 0.15) is 16.7 Å². The van der Waals surface area contributed by atoms with Gasteiger partial charge in [-0.1, -0.05) is 18.2 Å². The third-order valence-electron chi connectivity index (χ3n) is 3.40. The molecule has 20 heavy (non-hydrogen) atoms. The van der Waals surface area contributed by atoms with Gasteiger partial charge >= 0.3 is 0 Å². The Kier molecular flexibility index (Phi) is 4.03. The quantitative estimate of drug-likeness (QED) is 0.931. The summed E-state index contributed by atoms with van der Waals surface area (Å²) in [6.45, 7) is 5.72. The highest BCUT2D eigenvalue weighted by Gasteiger charge is 2.08. The van der Waals surface area contributed by atoms with Crippen LogP contribution in [0.4, 0.5) is 5.69 Å². The third kappa shape index (κ3) is 2.96. The van der Waals surface area contributed by atoms with Gasteiger partial charge in [0.25, 0.3) is 5.56 Å². The van der Waals surface area contributed by atoms with Crippen LogP contribution < -0.4 is 10.9 Å². The summed E-state index contributed by atoms with van der Waals surface area (Å²) in [6.07, 6.45) is 1.62. The van der Waals surface area contributed by atoms with Crippen LogP contribution >= 0.6 is 0 Å². The monoisotopic (exact) mass is 270 g/mol. The number of aryl methyl sites for hydroxylation is 2. The van der Waals surface area contributed by atoms with Crippen molar-refractivity contribution in [2.45, 2.75) is 27.3 Å². The predicted molar refractivity (Wildman–Crippen MR) is 80.0 cm³/mol. The zero-order valence-corrected chi connectivity index (χ0v) is 11.9. The summed E-state index contributed by atoms with van der Waals surface area (Å²) in [5, 5.41) is 2.85. The van der Waals surface area contributed by atoms with Crippen LogP contribution in [-0.2, 0) is 11.3 Å². The molecule has 1 aromatic carbocycles. The second-order valence-corrected chi connectivity index (χ2v) is 4.92. The lowest BCUT2D eigenvalue weighted by Crippen LogP contribution is -2.28. The lowest BCUT2D eigenvalue weighted by Gasteiger charge is -2.11. The number of carbonyl (C=O) groups is 1. The highest BCUT2D eigenvalue weighted by molar-refractivity contribution is 5.91. The molecule has 0 saturated carbocycles. The molecule has 1 heterocycles. The van der Waals surface area contributed by atoms with Crippen LogP contribution in [0, 0.1) is 20.8 Å². The van der Waals surface area contributed by atoms with Crippen LogP contribution in [0.15, 0.2) is 41.3 Å². The molecule has 1 amide bonds. The molecule has 0 radical (unpaired) electrons. The average molecular weight is 270 g/mol. The number of amides is 1. The van der Waals surface area contributed by atoms with E-state index in [1.165, 1.54) is 4.57 Å². The van der Waals surface area contributed by atoms with Gasteiger partial charge in [0.1, 0.15) is 6.54 Å². The van der Waals surface area contributed by atoms with E-state index < -0.39 is 0 Å². The van der Waals surface area contributed by atoms with E-state index in [2.05, 4.69) is 5.32 Å². The zero-order valence-electron chi connectivity index (χ0n) is 11.9. The number of rotatable bonds is 3. The molecule has 104 valence electrons. The summed E-state index contributed by atoms with van der Waals surface area (Å²) >= 11 is 0. The molecule has 0 aliphatic heterocycles. The number of carbonyl (C=O) groups excluding carboxylic acids is 1. The molecule has 0 aliphatic carbocycles. The van der Waals surface area contributed by atoms with Crippen LogP contribution in [0.2, 0.25) is 0 Å². The Bertz CT molecular complexity index is 702. The van der Waals surface area contributed by atoms with Crippen molar-refractivity contribution in [2.75, 3.05) is 5.32 Å². The molecule has 0 unspecified atom stereocenters. The van der Waals surface area contributed by atoms with Crippen molar-refractivity contribution in [3.8, 4) is 0 Å². The summed E-state index contributed by atoms with van der Waals surface area (Å²) in [5.41, 5.74) is 3.44. The van der Waals surface area contributed by atoms with Crippen molar-refractivity contribution in [3.63, 3.8) is 0 Å². The molecule has 0 saturated heterocycles. The molecule has 0 fully saturated rings. The molecule has 2 aromatic rings. The number of hydrogen-bond donors (Lipinski definition) is 1. The Morgan fingerprint density at radius 1 is 1.10 bits per heavy atom. The van der Waals surface area contributed by atoms with Crippen molar-refractivity contribution in [3.05, 3.63) is 63.6 Å². The molecule has 4 nitrogen and oxygen atoms in total. The van der Waals surface area contributed by atoms with Crippen molar-refractivity contribution in [1.29, 1.82) is 0 Å². The van der Waals surface area contributed by atoms with Crippen LogP contribution in [-0.4, -0.2) is 10.5 Å². The molecular formula is C16H18N2O2. The zero-order chi connectivity index (χ0) is 14.7. The van der Waals surface area contributed by atoms with E-state index in [1.807, 2.05) is 32.0 Å². The largest absolute Gasteiger partial charge is 0.324 e. The maximum absolute atomic E-state index is 12.0. The number of hydrogen-bond acceptors (Lipinski definition) is 2. The van der Waals surface area contributed by atoms with Crippen molar-refractivity contribution < 1.29 is 4.79 Å². The van der Waals surface area contributed by atoms with E-state index in [0.717, 1.165) is 16.8 Å². The number of nitrogens with zero attached hydrogens (tertiary/aromatic N) is 1. The van der Waals surface area contributed by atoms with Crippen molar-refractivity contribution in [2.24, 2.45) is 0 Å². The minimum absolute atomic E-state index is 0.0217. The minimum Gasteiger partial charge on any atom is -0.324 e. The Balaban J connectivity index is 2.15. The highest BCUT2D eigenvalue weighted by Crippen LogP contribution is 2.17. The first-order chi connectivity index (χ1) is 9.49. The lowest BCUT2D eigenvalue weighted by atomic mass is 10.1. The van der Waals surface area contributed by atoms with E-state index >= 15 is 0 Å². The Labute approximate surface area is 118 Å². The number of nitrogens with one attached hydrogen (secondary N) is 1. The van der Waals surface area contributed by atoms with E-state index in [1.54, 1.807) is 25.3 Å². The standard InChI is InChI=1S/C16H18N2O2/c1-11-6-4-8-14(13(11)3)17-15(19)10-18-9-5-7-12(2)16(18)20/h4-9H,10H2,1-3H3,(H,17,19). The molecule has 0 atom stereocenters. The van der Waals surface area contributed by atoms with Gasteiger partial charge in [-0.15, -0.1) is 0 Å². The number of benzene rings is 1. The van der Waals surface area contributed by atoms with E-state index in [0.29, 0.717) is 5.56 Å². The molecular weight excluding hydrogens is 252 g/mol. The maximum Gasteiger partial charge on any atom is 0.253 e. The van der Waals surface area contributed by atoms with E-state index in [-0.39, 0.29) is 18.0 Å². The molecule has 4 heteroatoms. The molecule has 1 aromatic heterocycles. The number of pyridine rings is 1. The van der Waals surface area contributed by atoms with Crippen LogP contribution in [0.25, 0.3) is 0 Å². The third-order valence-corrected chi connectivity index (χ3v) is 3.40. The van der Waals surface area contributed by atoms with E-state index in [9.17, 15) is 9.59 Å². The average Bonchev–Trinajstić information content (AvgIpc) is 2.40. The normalized spacial score (nSPS) is 10.3. The second-order valence-electron chi connectivity index (χ2n) is 4.92. The van der Waals surface area contributed by atoms with Crippen molar-refractivity contribution in [1.82, 2.24) is 4.57 Å². The van der Waals surface area contributed by atoms with Gasteiger partial charge in [0.15, 0.2) is 0 Å². The topological polar surface area (TPSA) is 51.1 Å². The summed E-state index contributed by atoms with van der Waals surface area (Å²) in [5.74, 6) is -0.202. The summed E-state index contributed by atoms with van der Waals surface area (Å²) in [7, 11) is 0. The fraction of sp³-hybridized carbons (Fsp3) is 0.250. The smallest absolute Gasteiger partial charge is 0.253 e. The predicted octanol–water partition coefficient (Wildman–Crippen LogP) is 2.41. The first-order valence-electron chi connectivity index (χ1n) is 6.51. The maximum atomic E-state index is 12.0. The van der Waals surface area contributed by atoms with Gasteiger partial charge in [0, 0.05) is 17.4 Å². The first-order valence-corrected chi connectivity index (χ1v) is 6.51. The van der Waals surface area contributed by atoms with Gasteiger partial charge in [-0.25, -0.2) is 0 Å². The first kappa shape index (κ1) is 14.1. The second kappa shape index (κ2) is 5.74. The van der Waals surface area contributed by atoms with Gasteiger partial charge in [-0.2, -0.15) is 0 Å². The molecule has 0 aliphatic rings. The highest BCUT2D eigenvalue weighted by atomic mass is 16.2. The SMILES string of the molecule is Cc1cccc(NC(=O)Cn2cccc(C)c2=O)c1C.